The third-order valence-corrected chi connectivity index (χ3v) is 3.28. The Hall–Kier alpha value is -0.620. The highest BCUT2D eigenvalue weighted by molar-refractivity contribution is 14.0. The molecule has 0 aromatic rings. The van der Waals surface area contributed by atoms with Crippen molar-refractivity contribution >= 4 is 45.7 Å². The molecule has 0 atom stereocenters. The molecule has 144 valence electrons. The van der Waals surface area contributed by atoms with Gasteiger partial charge in [0, 0.05) is 24.9 Å². The number of guanidine groups is 1. The fourth-order valence-corrected chi connectivity index (χ4v) is 1.92. The number of nitrogens with zero attached hydrogens (tertiary/aromatic N) is 1. The molecule has 0 aliphatic carbocycles. The van der Waals surface area contributed by atoms with E-state index in [1.807, 2.05) is 27.7 Å². The minimum Gasteiger partial charge on any atom is -0.379 e. The fraction of sp³-hybridized carbons (Fsp3) is 0.857. The first-order valence-electron chi connectivity index (χ1n) is 7.62. The minimum atomic E-state index is -3.00. The average Bonchev–Trinajstić information content (AvgIpc) is 2.36. The summed E-state index contributed by atoms with van der Waals surface area (Å²) in [5.74, 6) is 0.371. The summed E-state index contributed by atoms with van der Waals surface area (Å²) >= 11 is 0. The van der Waals surface area contributed by atoms with Crippen LogP contribution in [0.1, 0.15) is 27.7 Å². The molecule has 10 heteroatoms. The molecule has 8 nitrogen and oxygen atoms in total. The maximum Gasteiger partial charge on any atom is 0.242 e. The minimum absolute atomic E-state index is 0. The third kappa shape index (κ3) is 17.7. The van der Waals surface area contributed by atoms with E-state index in [1.54, 1.807) is 0 Å². The van der Waals surface area contributed by atoms with Gasteiger partial charge in [-0.3, -0.25) is 4.79 Å². The van der Waals surface area contributed by atoms with Crippen LogP contribution in [0.2, 0.25) is 0 Å². The van der Waals surface area contributed by atoms with Crippen LogP contribution in [0, 0.1) is 0 Å². The number of ether oxygens (including phenoxy) is 1. The van der Waals surface area contributed by atoms with Crippen molar-refractivity contribution < 1.29 is 17.9 Å². The molecule has 0 fully saturated rings. The summed E-state index contributed by atoms with van der Waals surface area (Å²) in [4.78, 5) is 15.9. The number of carbonyl (C=O) groups excluding carboxylic acids is 1. The lowest BCUT2D eigenvalue weighted by atomic mass is 10.1. The van der Waals surface area contributed by atoms with Crippen molar-refractivity contribution in [2.24, 2.45) is 4.99 Å². The second kappa shape index (κ2) is 12.7. The standard InChI is InChI=1S/C14H30N4O4S.HI/c1-6-15-13(17-11-12(19)18-14(2,3)4)16-7-8-22-9-10-23(5,20)21;/h6-11H2,1-5H3,(H,18,19)(H2,15,16,17);1H. The Morgan fingerprint density at radius 3 is 2.29 bits per heavy atom. The first-order chi connectivity index (χ1) is 10.5. The van der Waals surface area contributed by atoms with E-state index in [9.17, 15) is 13.2 Å². The first-order valence-corrected chi connectivity index (χ1v) is 9.68. The molecule has 0 unspecified atom stereocenters. The molecule has 0 heterocycles. The smallest absolute Gasteiger partial charge is 0.242 e. The zero-order chi connectivity index (χ0) is 17.9. The van der Waals surface area contributed by atoms with E-state index in [4.69, 9.17) is 4.74 Å². The molecule has 0 saturated carbocycles. The van der Waals surface area contributed by atoms with E-state index in [2.05, 4.69) is 20.9 Å². The summed E-state index contributed by atoms with van der Waals surface area (Å²) in [5, 5.41) is 8.88. The van der Waals surface area contributed by atoms with Gasteiger partial charge < -0.3 is 20.7 Å². The van der Waals surface area contributed by atoms with Gasteiger partial charge in [-0.15, -0.1) is 24.0 Å². The average molecular weight is 478 g/mol. The van der Waals surface area contributed by atoms with Gasteiger partial charge in [0.2, 0.25) is 5.91 Å². The van der Waals surface area contributed by atoms with Crippen LogP contribution in [0.25, 0.3) is 0 Å². The van der Waals surface area contributed by atoms with Crippen molar-refractivity contribution in [1.29, 1.82) is 0 Å². The van der Waals surface area contributed by atoms with Crippen LogP contribution in [0.5, 0.6) is 0 Å². The fourth-order valence-electron chi connectivity index (χ4n) is 1.50. The topological polar surface area (TPSA) is 109 Å². The number of hydrogen-bond donors (Lipinski definition) is 3. The van der Waals surface area contributed by atoms with Gasteiger partial charge in [0.05, 0.1) is 19.0 Å². The van der Waals surface area contributed by atoms with Crippen LogP contribution in [-0.4, -0.2) is 70.7 Å². The van der Waals surface area contributed by atoms with Crippen LogP contribution in [0.4, 0.5) is 0 Å². The second-order valence-electron chi connectivity index (χ2n) is 6.16. The Labute approximate surface area is 162 Å². The van der Waals surface area contributed by atoms with Gasteiger partial charge in [-0.2, -0.15) is 0 Å². The second-order valence-corrected chi connectivity index (χ2v) is 8.42. The first kappa shape index (κ1) is 25.6. The SMILES string of the molecule is CCNC(=NCC(=O)NC(C)(C)C)NCCOCCS(C)(=O)=O.I. The van der Waals surface area contributed by atoms with E-state index in [0.29, 0.717) is 25.7 Å². The third-order valence-electron chi connectivity index (χ3n) is 2.38. The Morgan fingerprint density at radius 1 is 1.17 bits per heavy atom. The monoisotopic (exact) mass is 478 g/mol. The molecule has 0 bridgehead atoms. The van der Waals surface area contributed by atoms with Gasteiger partial charge >= 0.3 is 0 Å². The number of nitrogens with one attached hydrogen (secondary N) is 3. The Kier molecular flexibility index (Phi) is 13.6. The molecule has 0 radical (unpaired) electrons. The van der Waals surface area contributed by atoms with Gasteiger partial charge in [0.1, 0.15) is 16.4 Å². The van der Waals surface area contributed by atoms with Crippen LogP contribution < -0.4 is 16.0 Å². The van der Waals surface area contributed by atoms with Gasteiger partial charge in [0.25, 0.3) is 0 Å². The number of sulfone groups is 1. The molecule has 0 rings (SSSR count). The van der Waals surface area contributed by atoms with Gasteiger partial charge in [-0.1, -0.05) is 0 Å². The number of hydrogen-bond acceptors (Lipinski definition) is 5. The Bertz CT molecular complexity index is 489. The van der Waals surface area contributed by atoms with Gasteiger partial charge in [-0.05, 0) is 27.7 Å². The van der Waals surface area contributed by atoms with Crippen LogP contribution in [0.15, 0.2) is 4.99 Å². The summed E-state index contributed by atoms with van der Waals surface area (Å²) in [5.41, 5.74) is -0.286. The summed E-state index contributed by atoms with van der Waals surface area (Å²) in [6.07, 6.45) is 1.17. The lowest BCUT2D eigenvalue weighted by molar-refractivity contribution is -0.121. The summed E-state index contributed by atoms with van der Waals surface area (Å²) in [6, 6.07) is 0. The molecule has 0 aromatic carbocycles. The van der Waals surface area contributed by atoms with Crippen molar-refractivity contribution in [2.45, 2.75) is 33.2 Å². The van der Waals surface area contributed by atoms with Crippen LogP contribution in [-0.2, 0) is 19.4 Å². The molecule has 0 aliphatic heterocycles. The van der Waals surface area contributed by atoms with Crippen molar-refractivity contribution in [1.82, 2.24) is 16.0 Å². The number of halogens is 1. The highest BCUT2D eigenvalue weighted by atomic mass is 127. The molecule has 0 spiro atoms. The normalized spacial score (nSPS) is 12.3. The Morgan fingerprint density at radius 2 is 1.79 bits per heavy atom. The number of rotatable bonds is 9. The Balaban J connectivity index is 0. The van der Waals surface area contributed by atoms with Gasteiger partial charge in [-0.25, -0.2) is 13.4 Å². The van der Waals surface area contributed by atoms with E-state index < -0.39 is 9.84 Å². The van der Waals surface area contributed by atoms with E-state index >= 15 is 0 Å². The molecule has 0 aliphatic rings. The molecule has 1 amide bonds. The van der Waals surface area contributed by atoms with E-state index in [-0.39, 0.29) is 54.3 Å². The van der Waals surface area contributed by atoms with Crippen molar-refractivity contribution in [3.05, 3.63) is 0 Å². The molecule has 0 aromatic heterocycles. The zero-order valence-corrected chi connectivity index (χ0v) is 18.3. The van der Waals surface area contributed by atoms with Crippen LogP contribution >= 0.6 is 24.0 Å². The maximum atomic E-state index is 11.7. The molecule has 3 N–H and O–H groups in total. The largest absolute Gasteiger partial charge is 0.379 e. The van der Waals surface area contributed by atoms with E-state index in [1.165, 1.54) is 6.26 Å². The summed E-state index contributed by atoms with van der Waals surface area (Å²) in [7, 11) is -3.00. The highest BCUT2D eigenvalue weighted by Crippen LogP contribution is 1.97. The summed E-state index contributed by atoms with van der Waals surface area (Å²) in [6.45, 7) is 9.34. The lowest BCUT2D eigenvalue weighted by Crippen LogP contribution is -2.43. The quantitative estimate of drug-likeness (QED) is 0.188. The van der Waals surface area contributed by atoms with Gasteiger partial charge in [0.15, 0.2) is 5.96 Å². The number of carbonyl (C=O) groups is 1. The predicted molar refractivity (Wildman–Crippen MR) is 108 cm³/mol. The predicted octanol–water partition coefficient (Wildman–Crippen LogP) is 0.135. The number of aliphatic imine (C=N–C) groups is 1. The maximum absolute atomic E-state index is 11.7. The molecule has 0 saturated heterocycles. The van der Waals surface area contributed by atoms with E-state index in [0.717, 1.165) is 0 Å². The van der Waals surface area contributed by atoms with Crippen molar-refractivity contribution in [2.75, 3.05) is 44.9 Å². The van der Waals surface area contributed by atoms with Crippen LogP contribution in [0.3, 0.4) is 0 Å². The molecule has 24 heavy (non-hydrogen) atoms. The van der Waals surface area contributed by atoms with Crippen molar-refractivity contribution in [3.63, 3.8) is 0 Å². The zero-order valence-electron chi connectivity index (χ0n) is 15.1. The molecular weight excluding hydrogens is 447 g/mol. The number of amides is 1. The lowest BCUT2D eigenvalue weighted by Gasteiger charge is -2.20. The van der Waals surface area contributed by atoms with Crippen molar-refractivity contribution in [3.8, 4) is 0 Å². The molecular formula is C14H31IN4O4S. The summed E-state index contributed by atoms with van der Waals surface area (Å²) < 4.78 is 27.1. The highest BCUT2D eigenvalue weighted by Gasteiger charge is 2.13.